The van der Waals surface area contributed by atoms with Crippen molar-refractivity contribution in [1.82, 2.24) is 14.5 Å². The number of imidazole rings is 1. The van der Waals surface area contributed by atoms with Crippen LogP contribution < -0.4 is 4.74 Å². The predicted octanol–water partition coefficient (Wildman–Crippen LogP) is 5.76. The maximum atomic E-state index is 15.3. The molecule has 8 nitrogen and oxygen atoms in total. The van der Waals surface area contributed by atoms with E-state index < -0.39 is 17.6 Å². The third kappa shape index (κ3) is 6.05. The number of carboxylic acids is 1. The Bertz CT molecular complexity index is 1800. The zero-order chi connectivity index (χ0) is 28.9. The molecule has 0 radical (unpaired) electrons. The number of nitriles is 1. The molecule has 0 saturated heterocycles. The first kappa shape index (κ1) is 27.4. The van der Waals surface area contributed by atoms with Gasteiger partial charge in [-0.05, 0) is 48.0 Å². The molecule has 0 aliphatic heterocycles. The van der Waals surface area contributed by atoms with Crippen LogP contribution in [0.15, 0.2) is 72.8 Å². The van der Waals surface area contributed by atoms with Crippen molar-refractivity contribution in [3.8, 4) is 23.2 Å². The molecule has 0 unspecified atom stereocenters. The molecule has 0 bridgehead atoms. The normalized spacial score (nSPS) is 11.0. The zero-order valence-corrected chi connectivity index (χ0v) is 22.0. The number of aromatic carboxylic acids is 1. The van der Waals surface area contributed by atoms with Gasteiger partial charge in [0.15, 0.2) is 0 Å². The van der Waals surface area contributed by atoms with Gasteiger partial charge in [0.25, 0.3) is 0 Å². The molecule has 5 aromatic rings. The van der Waals surface area contributed by atoms with Crippen LogP contribution in [0.1, 0.15) is 32.9 Å². The summed E-state index contributed by atoms with van der Waals surface area (Å²) in [5.41, 5.74) is 3.29. The Morgan fingerprint density at radius 2 is 1.80 bits per heavy atom. The highest BCUT2D eigenvalue weighted by atomic mass is 19.1. The maximum Gasteiger partial charge on any atom is 0.335 e. The van der Waals surface area contributed by atoms with Gasteiger partial charge in [0.1, 0.15) is 24.1 Å². The number of hydrogen-bond acceptors (Lipinski definition) is 6. The van der Waals surface area contributed by atoms with Gasteiger partial charge in [-0.2, -0.15) is 5.26 Å². The molecule has 2 aromatic heterocycles. The second kappa shape index (κ2) is 11.9. The summed E-state index contributed by atoms with van der Waals surface area (Å²) < 4.78 is 42.2. The van der Waals surface area contributed by atoms with Crippen LogP contribution in [0.4, 0.5) is 8.78 Å². The molecule has 0 amide bonds. The summed E-state index contributed by atoms with van der Waals surface area (Å²) in [6.45, 7) is 0.715. The van der Waals surface area contributed by atoms with Gasteiger partial charge < -0.3 is 19.1 Å². The van der Waals surface area contributed by atoms with Crippen LogP contribution in [0.25, 0.3) is 22.3 Å². The molecule has 0 atom stereocenters. The van der Waals surface area contributed by atoms with Gasteiger partial charge in [0, 0.05) is 37.3 Å². The van der Waals surface area contributed by atoms with Crippen molar-refractivity contribution in [2.75, 3.05) is 13.7 Å². The van der Waals surface area contributed by atoms with Crippen molar-refractivity contribution in [3.05, 3.63) is 113 Å². The van der Waals surface area contributed by atoms with Crippen LogP contribution in [0, 0.1) is 23.0 Å². The molecule has 5 rings (SSSR count). The minimum absolute atomic E-state index is 0.0840. The lowest BCUT2D eigenvalue weighted by Gasteiger charge is -2.11. The number of carbonyl (C=O) groups is 1. The smallest absolute Gasteiger partial charge is 0.335 e. The van der Waals surface area contributed by atoms with Gasteiger partial charge in [-0.25, -0.2) is 23.5 Å². The average molecular weight is 555 g/mol. The first-order valence-corrected chi connectivity index (χ1v) is 12.6. The van der Waals surface area contributed by atoms with Gasteiger partial charge in [0.05, 0.1) is 40.5 Å². The Morgan fingerprint density at radius 1 is 1.00 bits per heavy atom. The monoisotopic (exact) mass is 554 g/mol. The minimum Gasteiger partial charge on any atom is -0.478 e. The van der Waals surface area contributed by atoms with Gasteiger partial charge in [-0.1, -0.05) is 24.3 Å². The van der Waals surface area contributed by atoms with E-state index in [1.807, 2.05) is 10.6 Å². The number of nitrogens with zero attached hydrogens (tertiary/aromatic N) is 4. The summed E-state index contributed by atoms with van der Waals surface area (Å²) in [5, 5.41) is 18.3. The number of ether oxygens (including phenoxy) is 2. The van der Waals surface area contributed by atoms with Gasteiger partial charge in [-0.15, -0.1) is 0 Å². The number of pyridine rings is 1. The van der Waals surface area contributed by atoms with Crippen molar-refractivity contribution in [2.24, 2.45) is 0 Å². The van der Waals surface area contributed by atoms with E-state index in [4.69, 9.17) is 14.7 Å². The third-order valence-corrected chi connectivity index (χ3v) is 6.57. The molecule has 2 heterocycles. The Kier molecular flexibility index (Phi) is 7.99. The van der Waals surface area contributed by atoms with Crippen LogP contribution in [0.2, 0.25) is 0 Å². The molecular weight excluding hydrogens is 530 g/mol. The maximum absolute atomic E-state index is 15.3. The van der Waals surface area contributed by atoms with Crippen LogP contribution in [-0.4, -0.2) is 39.3 Å². The van der Waals surface area contributed by atoms with Crippen LogP contribution in [-0.2, 0) is 24.3 Å². The molecule has 0 fully saturated rings. The van der Waals surface area contributed by atoms with E-state index >= 15 is 4.39 Å². The second-order valence-corrected chi connectivity index (χ2v) is 9.23. The van der Waals surface area contributed by atoms with E-state index in [1.54, 1.807) is 49.6 Å². The quantitative estimate of drug-likeness (QED) is 0.234. The highest BCUT2D eigenvalue weighted by Gasteiger charge is 2.16. The fourth-order valence-corrected chi connectivity index (χ4v) is 4.43. The predicted molar refractivity (Wildman–Crippen MR) is 146 cm³/mol. The fraction of sp³-hybridized carbons (Fsp3) is 0.161. The summed E-state index contributed by atoms with van der Waals surface area (Å²) in [7, 11) is 1.57. The number of methoxy groups -OCH3 is 1. The van der Waals surface area contributed by atoms with E-state index in [0.29, 0.717) is 46.8 Å². The first-order valence-electron chi connectivity index (χ1n) is 12.6. The number of benzene rings is 3. The Hall–Kier alpha value is -5.14. The first-order chi connectivity index (χ1) is 19.9. The number of rotatable bonds is 10. The highest BCUT2D eigenvalue weighted by Crippen LogP contribution is 2.26. The number of fused-ring (bicyclic) bond motifs is 1. The lowest BCUT2D eigenvalue weighted by molar-refractivity contribution is 0.0697. The van der Waals surface area contributed by atoms with Crippen molar-refractivity contribution in [3.63, 3.8) is 0 Å². The van der Waals surface area contributed by atoms with Gasteiger partial charge >= 0.3 is 5.97 Å². The van der Waals surface area contributed by atoms with Crippen LogP contribution >= 0.6 is 0 Å². The SMILES string of the molecule is COCCn1c(Cc2ccc(-c3cccc(OCc4ccc(C#N)cc4F)n3)cc2F)nc2ccc(C(=O)O)cc21. The van der Waals surface area contributed by atoms with Crippen molar-refractivity contribution in [2.45, 2.75) is 19.6 Å². The fourth-order valence-electron chi connectivity index (χ4n) is 4.43. The summed E-state index contributed by atoms with van der Waals surface area (Å²) in [6, 6.07) is 20.5. The third-order valence-electron chi connectivity index (χ3n) is 6.57. The molecule has 3 aromatic carbocycles. The summed E-state index contributed by atoms with van der Waals surface area (Å²) in [4.78, 5) is 20.5. The molecular formula is C31H24F2N4O4. The van der Waals surface area contributed by atoms with Gasteiger partial charge in [-0.3, -0.25) is 0 Å². The van der Waals surface area contributed by atoms with E-state index in [2.05, 4.69) is 9.97 Å². The summed E-state index contributed by atoms with van der Waals surface area (Å²) in [5.74, 6) is -1.22. The van der Waals surface area contributed by atoms with E-state index in [0.717, 1.165) is 6.07 Å². The molecule has 10 heteroatoms. The summed E-state index contributed by atoms with van der Waals surface area (Å²) in [6.07, 6.45) is 0.180. The molecule has 0 aliphatic rings. The van der Waals surface area contributed by atoms with Gasteiger partial charge in [0.2, 0.25) is 5.88 Å². The van der Waals surface area contributed by atoms with Crippen molar-refractivity contribution in [1.29, 1.82) is 5.26 Å². The molecule has 0 spiro atoms. The van der Waals surface area contributed by atoms with Crippen LogP contribution in [0.3, 0.4) is 0 Å². The molecule has 0 saturated carbocycles. The second-order valence-electron chi connectivity index (χ2n) is 9.23. The van der Waals surface area contributed by atoms with Crippen molar-refractivity contribution < 1.29 is 28.2 Å². The van der Waals surface area contributed by atoms with E-state index in [1.165, 1.54) is 24.3 Å². The standard InChI is InChI=1S/C31H24F2N4O4/c1-40-12-11-37-28-15-22(31(38)39)9-10-27(28)35-29(37)16-20-7-8-21(14-25(20)33)26-3-2-4-30(36-26)41-18-23-6-5-19(17-34)13-24(23)32/h2-10,13-15H,11-12,16,18H2,1H3,(H,38,39). The van der Waals surface area contributed by atoms with Crippen LogP contribution in [0.5, 0.6) is 5.88 Å². The Balaban J connectivity index is 1.36. The molecule has 206 valence electrons. The zero-order valence-electron chi connectivity index (χ0n) is 22.0. The lowest BCUT2D eigenvalue weighted by atomic mass is 10.1. The molecule has 41 heavy (non-hydrogen) atoms. The number of carboxylic acid groups (broad SMARTS) is 1. The minimum atomic E-state index is -1.04. The topological polar surface area (TPSA) is 110 Å². The van der Waals surface area contributed by atoms with Crippen molar-refractivity contribution >= 4 is 17.0 Å². The van der Waals surface area contributed by atoms with E-state index in [9.17, 15) is 14.3 Å². The average Bonchev–Trinajstić information content (AvgIpc) is 3.32. The Labute approximate surface area is 234 Å². The number of aromatic nitrogens is 3. The lowest BCUT2D eigenvalue weighted by Crippen LogP contribution is -2.10. The Morgan fingerprint density at radius 3 is 2.54 bits per heavy atom. The molecule has 1 N–H and O–H groups in total. The number of hydrogen-bond donors (Lipinski definition) is 1. The highest BCUT2D eigenvalue weighted by molar-refractivity contribution is 5.92. The summed E-state index contributed by atoms with van der Waals surface area (Å²) >= 11 is 0. The van der Waals surface area contributed by atoms with E-state index in [-0.39, 0.29) is 35.6 Å². The number of halogens is 2. The molecule has 0 aliphatic carbocycles. The largest absolute Gasteiger partial charge is 0.478 e.